The lowest BCUT2D eigenvalue weighted by Gasteiger charge is -2.32. The van der Waals surface area contributed by atoms with E-state index in [1.807, 2.05) is 30.3 Å². The molecule has 0 aromatic heterocycles. The molecule has 0 amide bonds. The molecular weight excluding hydrogens is 391 g/mol. The molecular formula is C25H33BO5. The smallest absolute Gasteiger partial charge is 0.489 e. The van der Waals surface area contributed by atoms with E-state index in [9.17, 15) is 0 Å². The second kappa shape index (κ2) is 9.33. The molecule has 0 bridgehead atoms. The lowest BCUT2D eigenvalue weighted by Crippen LogP contribution is -2.41. The Morgan fingerprint density at radius 1 is 0.903 bits per heavy atom. The molecule has 2 saturated heterocycles. The SMILES string of the molecule is CC1(C)OB(c2ccc(COC3CCCCO3)cc2OCc2ccccc2)OC1(C)C. The fourth-order valence-electron chi connectivity index (χ4n) is 3.73. The molecule has 0 N–H and O–H groups in total. The first kappa shape index (κ1) is 22.3. The largest absolute Gasteiger partial charge is 0.498 e. The highest BCUT2D eigenvalue weighted by molar-refractivity contribution is 6.63. The van der Waals surface area contributed by atoms with Gasteiger partial charge in [-0.1, -0.05) is 42.5 Å². The molecule has 0 aliphatic carbocycles. The first-order chi connectivity index (χ1) is 14.8. The Labute approximate surface area is 186 Å². The molecule has 0 radical (unpaired) electrons. The first-order valence-corrected chi connectivity index (χ1v) is 11.2. The summed E-state index contributed by atoms with van der Waals surface area (Å²) in [5, 5.41) is 0. The van der Waals surface area contributed by atoms with E-state index in [0.717, 1.165) is 48.2 Å². The average molecular weight is 424 g/mol. The van der Waals surface area contributed by atoms with Crippen molar-refractivity contribution in [2.75, 3.05) is 6.61 Å². The summed E-state index contributed by atoms with van der Waals surface area (Å²) in [5.74, 6) is 0.757. The summed E-state index contributed by atoms with van der Waals surface area (Å²) in [7, 11) is -0.479. The van der Waals surface area contributed by atoms with Gasteiger partial charge in [0.05, 0.1) is 17.8 Å². The Kier molecular flexibility index (Phi) is 6.72. The predicted octanol–water partition coefficient (Wildman–Crippen LogP) is 4.61. The molecule has 2 aliphatic heterocycles. The van der Waals surface area contributed by atoms with Crippen molar-refractivity contribution in [2.45, 2.75) is 77.7 Å². The van der Waals surface area contributed by atoms with Crippen LogP contribution >= 0.6 is 0 Å². The van der Waals surface area contributed by atoms with Gasteiger partial charge in [-0.25, -0.2) is 0 Å². The van der Waals surface area contributed by atoms with Crippen molar-refractivity contribution in [3.63, 3.8) is 0 Å². The van der Waals surface area contributed by atoms with Crippen LogP contribution in [-0.2, 0) is 32.0 Å². The van der Waals surface area contributed by atoms with Gasteiger partial charge in [0.2, 0.25) is 0 Å². The summed E-state index contributed by atoms with van der Waals surface area (Å²) in [4.78, 5) is 0. The minimum absolute atomic E-state index is 0.120. The summed E-state index contributed by atoms with van der Waals surface area (Å²) in [6, 6.07) is 16.3. The number of hydrogen-bond donors (Lipinski definition) is 0. The zero-order chi connectivity index (χ0) is 21.9. The van der Waals surface area contributed by atoms with Crippen molar-refractivity contribution in [1.82, 2.24) is 0 Å². The molecule has 2 aliphatic rings. The van der Waals surface area contributed by atoms with Crippen LogP contribution in [0.2, 0.25) is 0 Å². The second-order valence-electron chi connectivity index (χ2n) is 9.34. The van der Waals surface area contributed by atoms with Gasteiger partial charge < -0.3 is 23.5 Å². The van der Waals surface area contributed by atoms with Crippen LogP contribution in [0.3, 0.4) is 0 Å². The number of hydrogen-bond acceptors (Lipinski definition) is 5. The minimum atomic E-state index is -0.479. The third kappa shape index (κ3) is 5.32. The second-order valence-corrected chi connectivity index (χ2v) is 9.34. The lowest BCUT2D eigenvalue weighted by molar-refractivity contribution is -0.168. The zero-order valence-electron chi connectivity index (χ0n) is 19.1. The van der Waals surface area contributed by atoms with Gasteiger partial charge >= 0.3 is 7.12 Å². The first-order valence-electron chi connectivity index (χ1n) is 11.2. The van der Waals surface area contributed by atoms with Crippen LogP contribution in [0.1, 0.15) is 58.1 Å². The van der Waals surface area contributed by atoms with Gasteiger partial charge in [0.1, 0.15) is 12.4 Å². The Bertz CT molecular complexity index is 845. The van der Waals surface area contributed by atoms with Crippen molar-refractivity contribution < 1.29 is 23.5 Å². The van der Waals surface area contributed by atoms with Gasteiger partial charge in [-0.2, -0.15) is 0 Å². The average Bonchev–Trinajstić information content (AvgIpc) is 2.99. The zero-order valence-corrected chi connectivity index (χ0v) is 19.1. The van der Waals surface area contributed by atoms with Crippen LogP contribution < -0.4 is 10.2 Å². The Morgan fingerprint density at radius 2 is 1.65 bits per heavy atom. The van der Waals surface area contributed by atoms with E-state index in [1.165, 1.54) is 0 Å². The monoisotopic (exact) mass is 424 g/mol. The van der Waals surface area contributed by atoms with E-state index < -0.39 is 18.3 Å². The topological polar surface area (TPSA) is 46.2 Å². The third-order valence-corrected chi connectivity index (χ3v) is 6.40. The Balaban J connectivity index is 1.53. The predicted molar refractivity (Wildman–Crippen MR) is 121 cm³/mol. The summed E-state index contributed by atoms with van der Waals surface area (Å²) in [6.45, 7) is 9.97. The van der Waals surface area contributed by atoms with Gasteiger partial charge in [-0.3, -0.25) is 0 Å². The molecule has 1 atom stereocenters. The van der Waals surface area contributed by atoms with Crippen LogP contribution in [0.15, 0.2) is 48.5 Å². The lowest BCUT2D eigenvalue weighted by atomic mass is 9.78. The van der Waals surface area contributed by atoms with Gasteiger partial charge in [0.15, 0.2) is 6.29 Å². The quantitative estimate of drug-likeness (QED) is 0.608. The molecule has 2 fully saturated rings. The van der Waals surface area contributed by atoms with Crippen molar-refractivity contribution in [2.24, 2.45) is 0 Å². The maximum Gasteiger partial charge on any atom is 0.498 e. The van der Waals surface area contributed by atoms with Crippen LogP contribution in [0, 0.1) is 0 Å². The van der Waals surface area contributed by atoms with Crippen molar-refractivity contribution in [3.05, 3.63) is 59.7 Å². The summed E-state index contributed by atoms with van der Waals surface area (Å²) in [5.41, 5.74) is 2.23. The third-order valence-electron chi connectivity index (χ3n) is 6.40. The molecule has 2 aromatic carbocycles. The Morgan fingerprint density at radius 3 is 2.32 bits per heavy atom. The van der Waals surface area contributed by atoms with Gasteiger partial charge in [0, 0.05) is 12.1 Å². The molecule has 166 valence electrons. The van der Waals surface area contributed by atoms with Crippen molar-refractivity contribution in [1.29, 1.82) is 0 Å². The molecule has 6 heteroatoms. The van der Waals surface area contributed by atoms with Crippen LogP contribution in [-0.4, -0.2) is 31.2 Å². The van der Waals surface area contributed by atoms with Crippen LogP contribution in [0.25, 0.3) is 0 Å². The normalized spacial score (nSPS) is 22.5. The molecule has 31 heavy (non-hydrogen) atoms. The fraction of sp³-hybridized carbons (Fsp3) is 0.520. The highest BCUT2D eigenvalue weighted by atomic mass is 16.7. The summed E-state index contributed by atoms with van der Waals surface area (Å²) < 4.78 is 30.5. The van der Waals surface area contributed by atoms with Gasteiger partial charge in [0.25, 0.3) is 0 Å². The molecule has 1 unspecified atom stereocenters. The standard InChI is InChI=1S/C25H33BO5/c1-24(2)25(3,4)31-26(30-24)21-14-13-20(18-29-23-12-8-9-15-27-23)16-22(21)28-17-19-10-6-5-7-11-19/h5-7,10-11,13-14,16,23H,8-9,12,15,17-18H2,1-4H3. The number of benzene rings is 2. The highest BCUT2D eigenvalue weighted by Crippen LogP contribution is 2.37. The van der Waals surface area contributed by atoms with Crippen LogP contribution in [0.5, 0.6) is 5.75 Å². The van der Waals surface area contributed by atoms with Crippen molar-refractivity contribution in [3.8, 4) is 5.75 Å². The van der Waals surface area contributed by atoms with E-state index in [4.69, 9.17) is 23.5 Å². The molecule has 2 aromatic rings. The van der Waals surface area contributed by atoms with E-state index in [2.05, 4.69) is 45.9 Å². The number of ether oxygens (including phenoxy) is 3. The number of rotatable bonds is 7. The summed E-state index contributed by atoms with van der Waals surface area (Å²) >= 11 is 0. The van der Waals surface area contributed by atoms with E-state index in [0.29, 0.717) is 13.2 Å². The highest BCUT2D eigenvalue weighted by Gasteiger charge is 2.52. The fourth-order valence-corrected chi connectivity index (χ4v) is 3.73. The van der Waals surface area contributed by atoms with E-state index >= 15 is 0 Å². The molecule has 0 spiro atoms. The molecule has 0 saturated carbocycles. The van der Waals surface area contributed by atoms with Gasteiger partial charge in [-0.15, -0.1) is 0 Å². The summed E-state index contributed by atoms with van der Waals surface area (Å²) in [6.07, 6.45) is 3.09. The molecule has 2 heterocycles. The van der Waals surface area contributed by atoms with E-state index in [-0.39, 0.29) is 6.29 Å². The minimum Gasteiger partial charge on any atom is -0.489 e. The maximum absolute atomic E-state index is 6.28. The van der Waals surface area contributed by atoms with Crippen molar-refractivity contribution >= 4 is 12.6 Å². The maximum atomic E-state index is 6.28. The van der Waals surface area contributed by atoms with Crippen LogP contribution in [0.4, 0.5) is 0 Å². The van der Waals surface area contributed by atoms with E-state index in [1.54, 1.807) is 0 Å². The molecule has 5 nitrogen and oxygen atoms in total. The molecule has 4 rings (SSSR count). The Hall–Kier alpha value is -1.86. The van der Waals surface area contributed by atoms with Gasteiger partial charge in [-0.05, 0) is 64.2 Å².